The van der Waals surface area contributed by atoms with Crippen LogP contribution >= 0.6 is 0 Å². The Morgan fingerprint density at radius 3 is 3.00 bits per heavy atom. The van der Waals surface area contributed by atoms with Crippen LogP contribution in [0.2, 0.25) is 0 Å². The van der Waals surface area contributed by atoms with Crippen LogP contribution in [0.3, 0.4) is 0 Å². The lowest BCUT2D eigenvalue weighted by molar-refractivity contribution is -0.0924. The molecule has 2 saturated heterocycles. The summed E-state index contributed by atoms with van der Waals surface area (Å²) < 4.78 is 5.28. The fraction of sp³-hybridized carbons (Fsp3) is 0.750. The van der Waals surface area contributed by atoms with Crippen LogP contribution < -0.4 is 10.6 Å². The second-order valence-corrected chi connectivity index (χ2v) is 6.74. The highest BCUT2D eigenvalue weighted by Gasteiger charge is 2.33. The number of nitrogens with one attached hydrogen (secondary N) is 2. The van der Waals surface area contributed by atoms with Gasteiger partial charge in [0.1, 0.15) is 12.1 Å². The molecule has 2 aliphatic heterocycles. The van der Waals surface area contributed by atoms with E-state index in [0.29, 0.717) is 6.04 Å². The summed E-state index contributed by atoms with van der Waals surface area (Å²) >= 11 is 0. The van der Waals surface area contributed by atoms with Crippen molar-refractivity contribution in [3.8, 4) is 0 Å². The van der Waals surface area contributed by atoms with E-state index in [1.165, 1.54) is 32.2 Å². The van der Waals surface area contributed by atoms with Gasteiger partial charge in [-0.1, -0.05) is 13.3 Å². The second kappa shape index (κ2) is 6.71. The van der Waals surface area contributed by atoms with Crippen molar-refractivity contribution in [2.75, 3.05) is 31.6 Å². The maximum absolute atomic E-state index is 5.28. The van der Waals surface area contributed by atoms with E-state index in [4.69, 9.17) is 4.74 Å². The molecule has 1 aromatic rings. The number of anilines is 1. The van der Waals surface area contributed by atoms with Crippen LogP contribution in [0.15, 0.2) is 12.4 Å². The summed E-state index contributed by atoms with van der Waals surface area (Å²) in [6.07, 6.45) is 7.84. The highest BCUT2D eigenvalue weighted by Crippen LogP contribution is 2.26. The van der Waals surface area contributed by atoms with Crippen molar-refractivity contribution in [2.24, 2.45) is 5.41 Å². The Morgan fingerprint density at radius 1 is 1.38 bits per heavy atom. The number of aromatic nitrogens is 2. The van der Waals surface area contributed by atoms with Gasteiger partial charge in [0.05, 0.1) is 13.2 Å². The molecule has 0 radical (unpaired) electrons. The minimum atomic E-state index is 0.261. The minimum Gasteiger partial charge on any atom is -0.380 e. The molecule has 5 heteroatoms. The van der Waals surface area contributed by atoms with E-state index < -0.39 is 0 Å². The molecule has 0 aromatic carbocycles. The predicted octanol–water partition coefficient (Wildman–Crippen LogP) is 2.00. The van der Waals surface area contributed by atoms with Crippen molar-refractivity contribution >= 4 is 5.82 Å². The molecule has 0 saturated carbocycles. The van der Waals surface area contributed by atoms with Crippen molar-refractivity contribution in [3.05, 3.63) is 18.1 Å². The monoisotopic (exact) mass is 290 g/mol. The molecule has 0 unspecified atom stereocenters. The molecule has 2 aliphatic rings. The lowest BCUT2D eigenvalue weighted by Crippen LogP contribution is -2.45. The molecular formula is C16H26N4O. The number of nitrogens with zero attached hydrogens (tertiary/aromatic N) is 2. The number of ether oxygens (including phenoxy) is 1. The van der Waals surface area contributed by atoms with Crippen LogP contribution in [0.1, 0.15) is 38.3 Å². The van der Waals surface area contributed by atoms with Crippen LogP contribution in [0, 0.1) is 5.41 Å². The Kier molecular flexibility index (Phi) is 4.70. The van der Waals surface area contributed by atoms with Crippen molar-refractivity contribution in [3.63, 3.8) is 0 Å². The fourth-order valence-corrected chi connectivity index (χ4v) is 2.98. The zero-order valence-electron chi connectivity index (χ0n) is 12.9. The molecule has 21 heavy (non-hydrogen) atoms. The summed E-state index contributed by atoms with van der Waals surface area (Å²) in [5.41, 5.74) is 1.40. The number of hydrogen-bond donors (Lipinski definition) is 2. The predicted molar refractivity (Wildman–Crippen MR) is 83.4 cm³/mol. The van der Waals surface area contributed by atoms with Gasteiger partial charge in [0.25, 0.3) is 0 Å². The average molecular weight is 290 g/mol. The maximum Gasteiger partial charge on any atom is 0.129 e. The Balaban J connectivity index is 1.48. The first kappa shape index (κ1) is 14.7. The van der Waals surface area contributed by atoms with Gasteiger partial charge in [-0.15, -0.1) is 0 Å². The molecule has 0 spiro atoms. The molecule has 0 amide bonds. The van der Waals surface area contributed by atoms with Crippen LogP contribution in [-0.2, 0) is 11.2 Å². The Hall–Kier alpha value is -1.20. The zero-order chi connectivity index (χ0) is 14.5. The molecule has 1 aromatic heterocycles. The molecule has 2 N–H and O–H groups in total. The third-order valence-electron chi connectivity index (χ3n) is 4.48. The van der Waals surface area contributed by atoms with Gasteiger partial charge in [0.2, 0.25) is 0 Å². The second-order valence-electron chi connectivity index (χ2n) is 6.74. The first-order valence-electron chi connectivity index (χ1n) is 8.09. The van der Waals surface area contributed by atoms with E-state index >= 15 is 0 Å². The van der Waals surface area contributed by atoms with Gasteiger partial charge in [-0.25, -0.2) is 9.97 Å². The van der Waals surface area contributed by atoms with Crippen molar-refractivity contribution < 1.29 is 4.74 Å². The fourth-order valence-electron chi connectivity index (χ4n) is 2.98. The molecular weight excluding hydrogens is 264 g/mol. The zero-order valence-corrected chi connectivity index (χ0v) is 12.9. The van der Waals surface area contributed by atoms with Gasteiger partial charge in [-0.05, 0) is 32.2 Å². The standard InChI is InChI=1S/C16H26N4O/c1-16(10-21-11-16)9-18-15-8-14(19-12-20-15)6-5-13-4-2-3-7-17-13/h8,12-13,17H,2-7,9-11H2,1H3,(H,18,19,20)/t13-/m0/s1. The Labute approximate surface area is 126 Å². The summed E-state index contributed by atoms with van der Waals surface area (Å²) in [6, 6.07) is 2.75. The van der Waals surface area contributed by atoms with Gasteiger partial charge >= 0.3 is 0 Å². The van der Waals surface area contributed by atoms with E-state index in [2.05, 4.69) is 33.6 Å². The van der Waals surface area contributed by atoms with Crippen LogP contribution in [-0.4, -0.2) is 42.3 Å². The van der Waals surface area contributed by atoms with E-state index in [1.54, 1.807) is 6.33 Å². The molecule has 0 bridgehead atoms. The van der Waals surface area contributed by atoms with Gasteiger partial charge in [-0.2, -0.15) is 0 Å². The maximum atomic E-state index is 5.28. The lowest BCUT2D eigenvalue weighted by Gasteiger charge is -2.38. The van der Waals surface area contributed by atoms with Gasteiger partial charge < -0.3 is 15.4 Å². The van der Waals surface area contributed by atoms with Crippen LogP contribution in [0.4, 0.5) is 5.82 Å². The van der Waals surface area contributed by atoms with E-state index in [1.807, 2.05) is 0 Å². The molecule has 3 rings (SSSR count). The number of aryl methyl sites for hydroxylation is 1. The molecule has 1 atom stereocenters. The lowest BCUT2D eigenvalue weighted by atomic mass is 9.89. The smallest absolute Gasteiger partial charge is 0.129 e. The van der Waals surface area contributed by atoms with Crippen molar-refractivity contribution in [1.82, 2.24) is 15.3 Å². The summed E-state index contributed by atoms with van der Waals surface area (Å²) in [4.78, 5) is 8.72. The topological polar surface area (TPSA) is 59.1 Å². The summed E-state index contributed by atoms with van der Waals surface area (Å²) in [5.74, 6) is 0.935. The molecule has 3 heterocycles. The largest absolute Gasteiger partial charge is 0.380 e. The molecule has 116 valence electrons. The quantitative estimate of drug-likeness (QED) is 0.839. The molecule has 0 aliphatic carbocycles. The van der Waals surface area contributed by atoms with Crippen LogP contribution in [0.5, 0.6) is 0 Å². The summed E-state index contributed by atoms with van der Waals surface area (Å²) in [5, 5.41) is 7.01. The average Bonchev–Trinajstić information content (AvgIpc) is 2.51. The number of hydrogen-bond acceptors (Lipinski definition) is 5. The highest BCUT2D eigenvalue weighted by atomic mass is 16.5. The Morgan fingerprint density at radius 2 is 2.29 bits per heavy atom. The van der Waals surface area contributed by atoms with Gasteiger partial charge in [0, 0.05) is 29.8 Å². The van der Waals surface area contributed by atoms with E-state index in [9.17, 15) is 0 Å². The summed E-state index contributed by atoms with van der Waals surface area (Å²) in [7, 11) is 0. The van der Waals surface area contributed by atoms with Crippen molar-refractivity contribution in [1.29, 1.82) is 0 Å². The highest BCUT2D eigenvalue weighted by molar-refractivity contribution is 5.35. The van der Waals surface area contributed by atoms with E-state index in [0.717, 1.165) is 37.7 Å². The van der Waals surface area contributed by atoms with Crippen LogP contribution in [0.25, 0.3) is 0 Å². The third kappa shape index (κ3) is 4.14. The third-order valence-corrected chi connectivity index (χ3v) is 4.48. The SMILES string of the molecule is CC1(CNc2cc(CC[C@@H]3CCCCN3)ncn2)COC1. The Bertz CT molecular complexity index is 455. The molecule has 2 fully saturated rings. The molecule has 5 nitrogen and oxygen atoms in total. The number of rotatable bonds is 6. The van der Waals surface area contributed by atoms with Gasteiger partial charge in [-0.3, -0.25) is 0 Å². The first-order valence-corrected chi connectivity index (χ1v) is 8.09. The minimum absolute atomic E-state index is 0.261. The van der Waals surface area contributed by atoms with Gasteiger partial charge in [0.15, 0.2) is 0 Å². The number of piperidine rings is 1. The summed E-state index contributed by atoms with van der Waals surface area (Å²) in [6.45, 7) is 5.99. The first-order chi connectivity index (χ1) is 10.2. The van der Waals surface area contributed by atoms with Crippen molar-refractivity contribution in [2.45, 2.75) is 45.1 Å². The van der Waals surface area contributed by atoms with E-state index in [-0.39, 0.29) is 5.41 Å². The normalized spacial score (nSPS) is 24.3.